The van der Waals surface area contributed by atoms with E-state index in [0.717, 1.165) is 0 Å². The predicted molar refractivity (Wildman–Crippen MR) is 68.2 cm³/mol. The summed E-state index contributed by atoms with van der Waals surface area (Å²) >= 11 is 3.19. The first-order valence-corrected chi connectivity index (χ1v) is 5.85. The van der Waals surface area contributed by atoms with Crippen LogP contribution in [0.5, 0.6) is 0 Å². The van der Waals surface area contributed by atoms with Crippen LogP contribution >= 0.6 is 15.9 Å². The fourth-order valence-electron chi connectivity index (χ4n) is 1.04. The smallest absolute Gasteiger partial charge is 0.339 e. The molecule has 0 amide bonds. The first-order valence-electron chi connectivity index (χ1n) is 5.06. The molecule has 94 valence electrons. The molecule has 17 heavy (non-hydrogen) atoms. The molecule has 0 heterocycles. The molecule has 0 aliphatic carbocycles. The van der Waals surface area contributed by atoms with Gasteiger partial charge in [0.1, 0.15) is 0 Å². The summed E-state index contributed by atoms with van der Waals surface area (Å²) in [5.41, 5.74) is 0.599. The monoisotopic (exact) mass is 302 g/mol. The van der Waals surface area contributed by atoms with Crippen molar-refractivity contribution in [3.05, 3.63) is 33.8 Å². The number of halogens is 1. The van der Waals surface area contributed by atoms with E-state index in [0.29, 0.717) is 15.6 Å². The third-order valence-electron chi connectivity index (χ3n) is 1.79. The minimum Gasteiger partial charge on any atom is -0.465 e. The number of hydrogen-bond donors (Lipinski definition) is 0. The first kappa shape index (κ1) is 15.6. The molecule has 0 bridgehead atoms. The molecule has 1 aromatic rings. The SMILES string of the molecule is CC.COC(=O)c1ccc(Br)c(C(=O)OC)c1. The molecule has 5 heteroatoms. The zero-order valence-electron chi connectivity index (χ0n) is 10.2. The Morgan fingerprint density at radius 2 is 1.59 bits per heavy atom. The van der Waals surface area contributed by atoms with Crippen molar-refractivity contribution >= 4 is 27.9 Å². The average molecular weight is 303 g/mol. The maximum Gasteiger partial charge on any atom is 0.339 e. The number of carbonyl (C=O) groups is 2. The normalized spacial score (nSPS) is 8.76. The van der Waals surface area contributed by atoms with Crippen LogP contribution in [0.1, 0.15) is 34.6 Å². The van der Waals surface area contributed by atoms with Gasteiger partial charge in [-0.3, -0.25) is 0 Å². The van der Waals surface area contributed by atoms with Gasteiger partial charge in [-0.2, -0.15) is 0 Å². The van der Waals surface area contributed by atoms with Gasteiger partial charge in [-0.05, 0) is 34.1 Å². The van der Waals surface area contributed by atoms with Gasteiger partial charge in [0.25, 0.3) is 0 Å². The van der Waals surface area contributed by atoms with Crippen molar-refractivity contribution in [1.82, 2.24) is 0 Å². The van der Waals surface area contributed by atoms with Crippen LogP contribution in [0.4, 0.5) is 0 Å². The zero-order valence-corrected chi connectivity index (χ0v) is 11.8. The van der Waals surface area contributed by atoms with E-state index >= 15 is 0 Å². The molecule has 4 nitrogen and oxygen atoms in total. The molecule has 0 aliphatic rings. The molecule has 1 rings (SSSR count). The third kappa shape index (κ3) is 4.19. The van der Waals surface area contributed by atoms with E-state index < -0.39 is 11.9 Å². The second-order valence-corrected chi connectivity index (χ2v) is 3.53. The fourth-order valence-corrected chi connectivity index (χ4v) is 1.44. The lowest BCUT2D eigenvalue weighted by Gasteiger charge is -2.04. The van der Waals surface area contributed by atoms with E-state index in [1.54, 1.807) is 12.1 Å². The van der Waals surface area contributed by atoms with Crippen LogP contribution in [0.25, 0.3) is 0 Å². The number of carbonyl (C=O) groups excluding carboxylic acids is 2. The summed E-state index contributed by atoms with van der Waals surface area (Å²) in [5, 5.41) is 0. The molecule has 0 atom stereocenters. The summed E-state index contributed by atoms with van der Waals surface area (Å²) in [6.07, 6.45) is 0. The van der Waals surface area contributed by atoms with Gasteiger partial charge < -0.3 is 9.47 Å². The largest absolute Gasteiger partial charge is 0.465 e. The van der Waals surface area contributed by atoms with Crippen LogP contribution in [-0.4, -0.2) is 26.2 Å². The van der Waals surface area contributed by atoms with E-state index in [2.05, 4.69) is 25.4 Å². The molecule has 0 radical (unpaired) electrons. The lowest BCUT2D eigenvalue weighted by Crippen LogP contribution is -2.06. The van der Waals surface area contributed by atoms with Crippen LogP contribution in [0.15, 0.2) is 22.7 Å². The molecule has 0 fully saturated rings. The van der Waals surface area contributed by atoms with Gasteiger partial charge in [-0.15, -0.1) is 0 Å². The third-order valence-corrected chi connectivity index (χ3v) is 2.48. The van der Waals surface area contributed by atoms with Gasteiger partial charge in [0.05, 0.1) is 25.3 Å². The molecule has 0 unspecified atom stereocenters. The number of ether oxygens (including phenoxy) is 2. The summed E-state index contributed by atoms with van der Waals surface area (Å²) < 4.78 is 9.67. The number of benzene rings is 1. The quantitative estimate of drug-likeness (QED) is 0.788. The van der Waals surface area contributed by atoms with E-state index in [1.807, 2.05) is 13.8 Å². The van der Waals surface area contributed by atoms with Crippen molar-refractivity contribution in [2.45, 2.75) is 13.8 Å². The van der Waals surface area contributed by atoms with Gasteiger partial charge >= 0.3 is 11.9 Å². The predicted octanol–water partition coefficient (Wildman–Crippen LogP) is 3.05. The second kappa shape index (κ2) is 7.84. The van der Waals surface area contributed by atoms with Crippen molar-refractivity contribution in [3.63, 3.8) is 0 Å². The van der Waals surface area contributed by atoms with Crippen LogP contribution in [-0.2, 0) is 9.47 Å². The highest BCUT2D eigenvalue weighted by Gasteiger charge is 2.14. The van der Waals surface area contributed by atoms with Gasteiger partial charge in [0.2, 0.25) is 0 Å². The van der Waals surface area contributed by atoms with Gasteiger partial charge in [-0.1, -0.05) is 13.8 Å². The van der Waals surface area contributed by atoms with Crippen molar-refractivity contribution in [3.8, 4) is 0 Å². The molecule has 0 saturated heterocycles. The van der Waals surface area contributed by atoms with Gasteiger partial charge in [0.15, 0.2) is 0 Å². The molecule has 0 aliphatic heterocycles. The van der Waals surface area contributed by atoms with Crippen LogP contribution in [0.3, 0.4) is 0 Å². The summed E-state index contributed by atoms with van der Waals surface area (Å²) in [4.78, 5) is 22.5. The highest BCUT2D eigenvalue weighted by molar-refractivity contribution is 9.10. The molecule has 0 N–H and O–H groups in total. The van der Waals surface area contributed by atoms with Gasteiger partial charge in [0, 0.05) is 4.47 Å². The number of hydrogen-bond acceptors (Lipinski definition) is 4. The Morgan fingerprint density at radius 1 is 1.06 bits per heavy atom. The van der Waals surface area contributed by atoms with Crippen molar-refractivity contribution < 1.29 is 19.1 Å². The molecule has 1 aromatic carbocycles. The lowest BCUT2D eigenvalue weighted by molar-refractivity contribution is 0.0598. The first-order chi connectivity index (χ1) is 8.10. The highest BCUT2D eigenvalue weighted by Crippen LogP contribution is 2.19. The Bertz CT molecular complexity index is 401. The Balaban J connectivity index is 0.00000121. The number of esters is 2. The van der Waals surface area contributed by atoms with Gasteiger partial charge in [-0.25, -0.2) is 9.59 Å². The van der Waals surface area contributed by atoms with E-state index in [9.17, 15) is 9.59 Å². The maximum atomic E-state index is 11.3. The minimum atomic E-state index is -0.507. The summed E-state index contributed by atoms with van der Waals surface area (Å²) in [5.74, 6) is -1.000. The van der Waals surface area contributed by atoms with Crippen LogP contribution in [0.2, 0.25) is 0 Å². The van der Waals surface area contributed by atoms with Crippen LogP contribution < -0.4 is 0 Å². The summed E-state index contributed by atoms with van der Waals surface area (Å²) in [6.45, 7) is 4.00. The zero-order chi connectivity index (χ0) is 13.4. The average Bonchev–Trinajstić information content (AvgIpc) is 2.39. The van der Waals surface area contributed by atoms with E-state index in [-0.39, 0.29) is 0 Å². The van der Waals surface area contributed by atoms with E-state index in [4.69, 9.17) is 0 Å². The van der Waals surface area contributed by atoms with Crippen molar-refractivity contribution in [1.29, 1.82) is 0 Å². The Hall–Kier alpha value is -1.36. The minimum absolute atomic E-state index is 0.292. The molecule has 0 aromatic heterocycles. The summed E-state index contributed by atoms with van der Waals surface area (Å²) in [7, 11) is 2.56. The molecular weight excluding hydrogens is 288 g/mol. The van der Waals surface area contributed by atoms with Crippen molar-refractivity contribution in [2.24, 2.45) is 0 Å². The standard InChI is InChI=1S/C10H9BrO4.C2H6/c1-14-9(12)6-3-4-8(11)7(5-6)10(13)15-2;1-2/h3-5H,1-2H3;1-2H3. The molecular formula is C12H15BrO4. The Morgan fingerprint density at radius 3 is 2.06 bits per heavy atom. The van der Waals surface area contributed by atoms with E-state index in [1.165, 1.54) is 20.3 Å². The molecule has 0 saturated carbocycles. The number of rotatable bonds is 2. The number of methoxy groups -OCH3 is 2. The second-order valence-electron chi connectivity index (χ2n) is 2.68. The van der Waals surface area contributed by atoms with Crippen LogP contribution in [0, 0.1) is 0 Å². The maximum absolute atomic E-state index is 11.3. The fraction of sp³-hybridized carbons (Fsp3) is 0.333. The topological polar surface area (TPSA) is 52.6 Å². The highest BCUT2D eigenvalue weighted by atomic mass is 79.9. The lowest BCUT2D eigenvalue weighted by atomic mass is 10.1. The Kier molecular flexibility index (Phi) is 7.21. The molecule has 0 spiro atoms. The van der Waals surface area contributed by atoms with Crippen molar-refractivity contribution in [2.75, 3.05) is 14.2 Å². The summed E-state index contributed by atoms with van der Waals surface area (Å²) in [6, 6.07) is 4.57. The Labute approximate surface area is 109 Å².